The third kappa shape index (κ3) is 9.01. The molecule has 2 N–H and O–H groups in total. The molecule has 2 amide bonds. The van der Waals surface area contributed by atoms with Gasteiger partial charge in [-0.1, -0.05) is 53.0 Å². The van der Waals surface area contributed by atoms with Gasteiger partial charge in [0.1, 0.15) is 12.6 Å². The summed E-state index contributed by atoms with van der Waals surface area (Å²) in [5.41, 5.74) is 0.197. The monoisotopic (exact) mass is 606 g/mol. The molecule has 0 aliphatic heterocycles. The van der Waals surface area contributed by atoms with Crippen molar-refractivity contribution in [1.29, 1.82) is 0 Å². The van der Waals surface area contributed by atoms with Crippen LogP contribution in [0.2, 0.25) is 15.1 Å². The van der Waals surface area contributed by atoms with Crippen molar-refractivity contribution in [3.63, 3.8) is 0 Å². The van der Waals surface area contributed by atoms with Crippen LogP contribution in [0.25, 0.3) is 6.08 Å². The maximum absolute atomic E-state index is 13.8. The van der Waals surface area contributed by atoms with E-state index in [0.717, 1.165) is 30.0 Å². The van der Waals surface area contributed by atoms with Gasteiger partial charge in [0, 0.05) is 4.90 Å². The van der Waals surface area contributed by atoms with Crippen LogP contribution in [0, 0.1) is 0 Å². The van der Waals surface area contributed by atoms with Crippen LogP contribution in [0.1, 0.15) is 34.3 Å². The van der Waals surface area contributed by atoms with E-state index in [-0.39, 0.29) is 26.2 Å². The molecule has 0 aliphatic carbocycles. The van der Waals surface area contributed by atoms with E-state index in [4.69, 9.17) is 34.8 Å². The first-order chi connectivity index (χ1) is 17.0. The average molecular weight is 608 g/mol. The minimum atomic E-state index is -4.68. The summed E-state index contributed by atoms with van der Waals surface area (Å²) < 4.78 is 78.2. The molecule has 0 heterocycles. The first kappa shape index (κ1) is 31.1. The molecule has 202 valence electrons. The van der Waals surface area contributed by atoms with Crippen LogP contribution in [0.3, 0.4) is 0 Å². The van der Waals surface area contributed by atoms with Crippen LogP contribution in [0.15, 0.2) is 41.3 Å². The number of benzene rings is 2. The largest absolute Gasteiger partial charge is 0.405 e. The minimum Gasteiger partial charge on any atom is -0.345 e. The van der Waals surface area contributed by atoms with Crippen molar-refractivity contribution < 1.29 is 35.9 Å². The van der Waals surface area contributed by atoms with Crippen molar-refractivity contribution in [3.8, 4) is 0 Å². The second-order valence-electron chi connectivity index (χ2n) is 7.66. The fourth-order valence-electron chi connectivity index (χ4n) is 3.05. The highest BCUT2D eigenvalue weighted by molar-refractivity contribution is 7.98. The summed E-state index contributed by atoms with van der Waals surface area (Å²) in [6.45, 7) is -0.331. The van der Waals surface area contributed by atoms with Gasteiger partial charge in [-0.3, -0.25) is 9.59 Å². The van der Waals surface area contributed by atoms with Crippen molar-refractivity contribution in [2.45, 2.75) is 36.1 Å². The van der Waals surface area contributed by atoms with Crippen LogP contribution < -0.4 is 10.6 Å². The molecule has 0 radical (unpaired) electrons. The first-order valence-electron chi connectivity index (χ1n) is 10.3. The number of halogens is 9. The molecule has 4 nitrogen and oxygen atoms in total. The number of hydrogen-bond acceptors (Lipinski definition) is 3. The van der Waals surface area contributed by atoms with Gasteiger partial charge in [-0.15, -0.1) is 11.8 Å². The van der Waals surface area contributed by atoms with Crippen molar-refractivity contribution in [2.24, 2.45) is 0 Å². The van der Waals surface area contributed by atoms with E-state index in [1.165, 1.54) is 31.2 Å². The number of amides is 2. The Kier molecular flexibility index (Phi) is 10.6. The number of hydrogen-bond donors (Lipinski definition) is 2. The summed E-state index contributed by atoms with van der Waals surface area (Å²) in [5, 5.41) is 3.64. The predicted octanol–water partition coefficient (Wildman–Crippen LogP) is 7.52. The van der Waals surface area contributed by atoms with E-state index in [1.54, 1.807) is 11.6 Å². The second kappa shape index (κ2) is 12.6. The average Bonchev–Trinajstić information content (AvgIpc) is 2.79. The highest BCUT2D eigenvalue weighted by Crippen LogP contribution is 2.41. The Morgan fingerprint density at radius 1 is 1.03 bits per heavy atom. The molecule has 2 unspecified atom stereocenters. The molecule has 2 aromatic carbocycles. The molecule has 0 spiro atoms. The van der Waals surface area contributed by atoms with Crippen LogP contribution in [-0.4, -0.2) is 43.0 Å². The topological polar surface area (TPSA) is 58.2 Å². The molecule has 37 heavy (non-hydrogen) atoms. The molecule has 2 aromatic rings. The first-order valence-corrected chi connectivity index (χ1v) is 12.6. The summed E-state index contributed by atoms with van der Waals surface area (Å²) in [4.78, 5) is 24.8. The molecule has 0 fully saturated rings. The lowest BCUT2D eigenvalue weighted by Crippen LogP contribution is -2.47. The number of allylic oxidation sites excluding steroid dienone is 1. The smallest absolute Gasteiger partial charge is 0.345 e. The minimum absolute atomic E-state index is 0.0670. The highest BCUT2D eigenvalue weighted by Gasteiger charge is 2.39. The second-order valence-corrected chi connectivity index (χ2v) is 9.71. The number of carbonyl (C=O) groups excluding carboxylic acids is 2. The van der Waals surface area contributed by atoms with Crippen molar-refractivity contribution in [3.05, 3.63) is 68.2 Å². The van der Waals surface area contributed by atoms with Crippen LogP contribution in [-0.2, 0) is 4.79 Å². The maximum Gasteiger partial charge on any atom is 0.405 e. The molecule has 14 heteroatoms. The van der Waals surface area contributed by atoms with E-state index in [0.29, 0.717) is 10.5 Å². The molecule has 0 aliphatic rings. The fourth-order valence-corrected chi connectivity index (χ4v) is 4.30. The Balaban J connectivity index is 2.25. The van der Waals surface area contributed by atoms with Gasteiger partial charge < -0.3 is 10.6 Å². The van der Waals surface area contributed by atoms with Gasteiger partial charge >= 0.3 is 12.4 Å². The third-order valence-electron chi connectivity index (χ3n) is 4.87. The molecule has 2 rings (SSSR count). The van der Waals surface area contributed by atoms with E-state index in [1.807, 2.05) is 0 Å². The lowest BCUT2D eigenvalue weighted by atomic mass is 9.97. The Hall–Kier alpha value is -2.08. The lowest BCUT2D eigenvalue weighted by Gasteiger charge is -2.18. The van der Waals surface area contributed by atoms with Crippen molar-refractivity contribution >= 4 is 64.5 Å². The van der Waals surface area contributed by atoms with E-state index >= 15 is 0 Å². The lowest BCUT2D eigenvalue weighted by molar-refractivity contribution is -0.139. The van der Waals surface area contributed by atoms with E-state index in [2.05, 4.69) is 5.32 Å². The van der Waals surface area contributed by atoms with Crippen LogP contribution in [0.4, 0.5) is 26.3 Å². The summed E-state index contributed by atoms with van der Waals surface area (Å²) in [6.07, 6.45) is -5.55. The van der Waals surface area contributed by atoms with Gasteiger partial charge in [0.2, 0.25) is 5.91 Å². The molecular weight excluding hydrogens is 589 g/mol. The number of thioether (sulfide) groups is 1. The maximum atomic E-state index is 13.8. The highest BCUT2D eigenvalue weighted by atomic mass is 35.5. The SMILES string of the molecule is CSc1cc(C=CC(c2cc(Cl)c(Cl)c(Cl)c2)C(F)(F)F)ccc1C(=O)NC(C)C(=O)NCC(F)(F)F. The summed E-state index contributed by atoms with van der Waals surface area (Å²) in [5.74, 6) is -3.83. The molecule has 0 saturated heterocycles. The standard InChI is InChI=1S/C23H19Cl3F6N2O2S/c1-11(20(35)33-10-22(27,28)29)34-21(36)14-5-3-12(7-18(14)37-2)4-6-15(23(30,31)32)13-8-16(24)19(26)17(25)9-13/h3-9,11,15H,10H2,1-2H3,(H,33,35)(H,34,36). The Labute approximate surface area is 227 Å². The molecule has 0 aromatic heterocycles. The molecular formula is C23H19Cl3F6N2O2S. The Bertz CT molecular complexity index is 1170. The number of carbonyl (C=O) groups is 2. The quantitative estimate of drug-likeness (QED) is 0.185. The molecule has 0 saturated carbocycles. The number of rotatable bonds is 8. The van der Waals surface area contributed by atoms with Crippen molar-refractivity contribution in [1.82, 2.24) is 10.6 Å². The summed E-state index contributed by atoms with van der Waals surface area (Å²) >= 11 is 18.7. The molecule has 0 bridgehead atoms. The van der Waals surface area contributed by atoms with Crippen molar-refractivity contribution in [2.75, 3.05) is 12.8 Å². The van der Waals surface area contributed by atoms with Gasteiger partial charge in [0.05, 0.1) is 26.5 Å². The Morgan fingerprint density at radius 3 is 2.14 bits per heavy atom. The normalized spacial score (nSPS) is 13.9. The zero-order chi connectivity index (χ0) is 28.1. The fraction of sp³-hybridized carbons (Fsp3) is 0.304. The molecule has 2 atom stereocenters. The van der Waals surface area contributed by atoms with Gasteiger partial charge in [0.15, 0.2) is 0 Å². The van der Waals surface area contributed by atoms with Gasteiger partial charge in [-0.25, -0.2) is 0 Å². The van der Waals surface area contributed by atoms with Gasteiger partial charge in [0.25, 0.3) is 5.91 Å². The van der Waals surface area contributed by atoms with Gasteiger partial charge in [-0.05, 0) is 48.6 Å². The zero-order valence-electron chi connectivity index (χ0n) is 19.0. The summed E-state index contributed by atoms with van der Waals surface area (Å²) in [7, 11) is 0. The number of nitrogens with one attached hydrogen (secondary N) is 2. The van der Waals surface area contributed by atoms with E-state index < -0.39 is 42.7 Å². The van der Waals surface area contributed by atoms with Gasteiger partial charge in [-0.2, -0.15) is 26.3 Å². The summed E-state index contributed by atoms with van der Waals surface area (Å²) in [6, 6.07) is 5.06. The zero-order valence-corrected chi connectivity index (χ0v) is 22.1. The Morgan fingerprint density at radius 2 is 1.62 bits per heavy atom. The predicted molar refractivity (Wildman–Crippen MR) is 134 cm³/mol. The van der Waals surface area contributed by atoms with Crippen LogP contribution >= 0.6 is 46.6 Å². The van der Waals surface area contributed by atoms with Crippen LogP contribution in [0.5, 0.6) is 0 Å². The number of alkyl halides is 6. The van der Waals surface area contributed by atoms with E-state index in [9.17, 15) is 35.9 Å². The third-order valence-corrected chi connectivity index (χ3v) is 6.85.